The SMILES string of the molecule is Cc1cccc(C(O)CCN[C@H](C)c2cccc3c2C=CCC3)c1. The van der Waals surface area contributed by atoms with Gasteiger partial charge in [0.2, 0.25) is 0 Å². The van der Waals surface area contributed by atoms with E-state index in [1.165, 1.54) is 22.3 Å². The summed E-state index contributed by atoms with van der Waals surface area (Å²) in [7, 11) is 0. The number of aliphatic hydroxyl groups excluding tert-OH is 1. The van der Waals surface area contributed by atoms with Gasteiger partial charge in [-0.25, -0.2) is 0 Å². The topological polar surface area (TPSA) is 32.3 Å². The number of benzene rings is 2. The Morgan fingerprint density at radius 1 is 1.17 bits per heavy atom. The van der Waals surface area contributed by atoms with Crippen molar-refractivity contribution in [2.45, 2.75) is 45.3 Å². The fourth-order valence-corrected chi connectivity index (χ4v) is 3.46. The first-order chi connectivity index (χ1) is 11.6. The lowest BCUT2D eigenvalue weighted by Gasteiger charge is -2.21. The minimum atomic E-state index is -0.408. The Kier molecular flexibility index (Phi) is 5.49. The van der Waals surface area contributed by atoms with Crippen molar-refractivity contribution in [2.75, 3.05) is 6.54 Å². The molecule has 0 saturated carbocycles. The third-order valence-electron chi connectivity index (χ3n) is 4.86. The molecule has 1 aliphatic rings. The summed E-state index contributed by atoms with van der Waals surface area (Å²) >= 11 is 0. The van der Waals surface area contributed by atoms with Crippen LogP contribution in [0.4, 0.5) is 0 Å². The lowest BCUT2D eigenvalue weighted by molar-refractivity contribution is 0.165. The second-order valence-corrected chi connectivity index (χ2v) is 6.76. The molecule has 0 bridgehead atoms. The van der Waals surface area contributed by atoms with E-state index in [1.807, 2.05) is 12.1 Å². The molecule has 24 heavy (non-hydrogen) atoms. The Morgan fingerprint density at radius 3 is 2.83 bits per heavy atom. The second kappa shape index (κ2) is 7.78. The van der Waals surface area contributed by atoms with Crippen molar-refractivity contribution in [3.63, 3.8) is 0 Å². The molecule has 0 amide bonds. The minimum Gasteiger partial charge on any atom is -0.388 e. The van der Waals surface area contributed by atoms with Crippen LogP contribution in [0.1, 0.15) is 59.7 Å². The van der Waals surface area contributed by atoms with Crippen LogP contribution in [0, 0.1) is 6.92 Å². The van der Waals surface area contributed by atoms with Crippen molar-refractivity contribution < 1.29 is 5.11 Å². The number of fused-ring (bicyclic) bond motifs is 1. The average molecular weight is 321 g/mol. The summed E-state index contributed by atoms with van der Waals surface area (Å²) < 4.78 is 0. The normalized spacial score (nSPS) is 15.8. The largest absolute Gasteiger partial charge is 0.388 e. The quantitative estimate of drug-likeness (QED) is 0.806. The first-order valence-electron chi connectivity index (χ1n) is 8.91. The van der Waals surface area contributed by atoms with Crippen LogP contribution in [0.5, 0.6) is 0 Å². The van der Waals surface area contributed by atoms with Crippen LogP contribution in [0.2, 0.25) is 0 Å². The van der Waals surface area contributed by atoms with E-state index in [0.29, 0.717) is 0 Å². The first kappa shape index (κ1) is 16.9. The Morgan fingerprint density at radius 2 is 2.00 bits per heavy atom. The molecule has 0 fully saturated rings. The van der Waals surface area contributed by atoms with E-state index < -0.39 is 6.10 Å². The molecule has 2 nitrogen and oxygen atoms in total. The molecule has 1 unspecified atom stereocenters. The Bertz CT molecular complexity index is 720. The molecule has 0 aliphatic heterocycles. The molecule has 0 spiro atoms. The van der Waals surface area contributed by atoms with Gasteiger partial charge in [0.1, 0.15) is 0 Å². The molecular formula is C22H27NO. The number of aryl methyl sites for hydroxylation is 2. The molecule has 1 aliphatic carbocycles. The molecule has 2 atom stereocenters. The minimum absolute atomic E-state index is 0.285. The molecule has 3 rings (SSSR count). The molecule has 2 aromatic carbocycles. The highest BCUT2D eigenvalue weighted by Gasteiger charge is 2.14. The van der Waals surface area contributed by atoms with Crippen LogP contribution in [0.3, 0.4) is 0 Å². The molecule has 0 saturated heterocycles. The standard InChI is InChI=1S/C22H27NO/c1-16-7-5-10-19(15-16)22(24)13-14-23-17(2)20-12-6-9-18-8-3-4-11-21(18)20/h4-7,9-12,15,17,22-24H,3,8,13-14H2,1-2H3/t17-,22?/m1/s1. The van der Waals surface area contributed by atoms with Gasteiger partial charge in [-0.3, -0.25) is 0 Å². The zero-order valence-corrected chi connectivity index (χ0v) is 14.6. The van der Waals surface area contributed by atoms with E-state index in [9.17, 15) is 5.11 Å². The van der Waals surface area contributed by atoms with Gasteiger partial charge in [0.25, 0.3) is 0 Å². The summed E-state index contributed by atoms with van der Waals surface area (Å²) in [5.74, 6) is 0. The number of nitrogens with one attached hydrogen (secondary N) is 1. The van der Waals surface area contributed by atoms with Gasteiger partial charge >= 0.3 is 0 Å². The zero-order valence-electron chi connectivity index (χ0n) is 14.6. The van der Waals surface area contributed by atoms with E-state index in [2.05, 4.69) is 61.6 Å². The maximum atomic E-state index is 10.4. The summed E-state index contributed by atoms with van der Waals surface area (Å²) in [5, 5.41) is 13.9. The van der Waals surface area contributed by atoms with Crippen LogP contribution in [-0.4, -0.2) is 11.7 Å². The van der Waals surface area contributed by atoms with Gasteiger partial charge in [0.15, 0.2) is 0 Å². The fourth-order valence-electron chi connectivity index (χ4n) is 3.46. The van der Waals surface area contributed by atoms with Crippen molar-refractivity contribution in [2.24, 2.45) is 0 Å². The second-order valence-electron chi connectivity index (χ2n) is 6.76. The zero-order chi connectivity index (χ0) is 16.9. The van der Waals surface area contributed by atoms with E-state index in [-0.39, 0.29) is 6.04 Å². The summed E-state index contributed by atoms with van der Waals surface area (Å²) in [6.07, 6.45) is 7.11. The van der Waals surface area contributed by atoms with Gasteiger partial charge < -0.3 is 10.4 Å². The summed E-state index contributed by atoms with van der Waals surface area (Å²) in [6, 6.07) is 15.0. The molecule has 2 aromatic rings. The van der Waals surface area contributed by atoms with Crippen LogP contribution in [0.25, 0.3) is 6.08 Å². The van der Waals surface area contributed by atoms with E-state index in [0.717, 1.165) is 31.4 Å². The van der Waals surface area contributed by atoms with Crippen molar-refractivity contribution in [1.29, 1.82) is 0 Å². The summed E-state index contributed by atoms with van der Waals surface area (Å²) in [6.45, 7) is 5.06. The third kappa shape index (κ3) is 3.95. The van der Waals surface area contributed by atoms with Crippen LogP contribution in [0.15, 0.2) is 48.5 Å². The summed E-state index contributed by atoms with van der Waals surface area (Å²) in [5.41, 5.74) is 6.37. The van der Waals surface area contributed by atoms with Crippen LogP contribution < -0.4 is 5.32 Å². The molecule has 2 N–H and O–H groups in total. The highest BCUT2D eigenvalue weighted by atomic mass is 16.3. The van der Waals surface area contributed by atoms with Crippen molar-refractivity contribution >= 4 is 6.08 Å². The van der Waals surface area contributed by atoms with E-state index in [1.54, 1.807) is 0 Å². The first-order valence-corrected chi connectivity index (χ1v) is 8.91. The molecule has 2 heteroatoms. The van der Waals surface area contributed by atoms with Gasteiger partial charge in [-0.05, 0) is 61.9 Å². The van der Waals surface area contributed by atoms with E-state index in [4.69, 9.17) is 0 Å². The predicted molar refractivity (Wildman–Crippen MR) is 101 cm³/mol. The predicted octanol–water partition coefficient (Wildman–Crippen LogP) is 4.73. The maximum Gasteiger partial charge on any atom is 0.0802 e. The van der Waals surface area contributed by atoms with Gasteiger partial charge in [-0.1, -0.05) is 60.2 Å². The molecular weight excluding hydrogens is 294 g/mol. The van der Waals surface area contributed by atoms with Crippen LogP contribution >= 0.6 is 0 Å². The molecule has 126 valence electrons. The third-order valence-corrected chi connectivity index (χ3v) is 4.86. The summed E-state index contributed by atoms with van der Waals surface area (Å²) in [4.78, 5) is 0. The number of hydrogen-bond donors (Lipinski definition) is 2. The Hall–Kier alpha value is -1.90. The lowest BCUT2D eigenvalue weighted by atomic mass is 9.90. The number of aliphatic hydroxyl groups is 1. The number of hydrogen-bond acceptors (Lipinski definition) is 2. The highest BCUT2D eigenvalue weighted by Crippen LogP contribution is 2.27. The van der Waals surface area contributed by atoms with Gasteiger partial charge in [-0.2, -0.15) is 0 Å². The average Bonchev–Trinajstić information content (AvgIpc) is 2.61. The van der Waals surface area contributed by atoms with Gasteiger partial charge in [0, 0.05) is 6.04 Å². The monoisotopic (exact) mass is 321 g/mol. The van der Waals surface area contributed by atoms with E-state index >= 15 is 0 Å². The Labute approximate surface area is 145 Å². The number of rotatable bonds is 6. The molecule has 0 radical (unpaired) electrons. The maximum absolute atomic E-state index is 10.4. The molecule has 0 heterocycles. The lowest BCUT2D eigenvalue weighted by Crippen LogP contribution is -2.22. The van der Waals surface area contributed by atoms with Crippen molar-refractivity contribution in [1.82, 2.24) is 5.32 Å². The van der Waals surface area contributed by atoms with Crippen molar-refractivity contribution in [3.8, 4) is 0 Å². The highest BCUT2D eigenvalue weighted by molar-refractivity contribution is 5.60. The van der Waals surface area contributed by atoms with Crippen LogP contribution in [-0.2, 0) is 6.42 Å². The van der Waals surface area contributed by atoms with Gasteiger partial charge in [-0.15, -0.1) is 0 Å². The Balaban J connectivity index is 1.59. The molecule has 0 aromatic heterocycles. The van der Waals surface area contributed by atoms with Gasteiger partial charge in [0.05, 0.1) is 6.10 Å². The number of allylic oxidation sites excluding steroid dienone is 1. The fraction of sp³-hybridized carbons (Fsp3) is 0.364. The van der Waals surface area contributed by atoms with Crippen molar-refractivity contribution in [3.05, 3.63) is 76.4 Å². The smallest absolute Gasteiger partial charge is 0.0802 e.